The number of nitrogens with zero attached hydrogens (tertiary/aromatic N) is 2. The van der Waals surface area contributed by atoms with E-state index in [1.807, 2.05) is 45.9 Å². The van der Waals surface area contributed by atoms with Crippen molar-refractivity contribution in [3.05, 3.63) is 30.1 Å². The van der Waals surface area contributed by atoms with E-state index in [9.17, 15) is 10.3 Å². The topological polar surface area (TPSA) is 56.3 Å². The largest absolute Gasteiger partial charge is 0.389 e. The summed E-state index contributed by atoms with van der Waals surface area (Å²) in [5, 5.41) is 24.3. The summed E-state index contributed by atoms with van der Waals surface area (Å²) in [4.78, 5) is 4.28. The molecule has 4 heteroatoms. The second-order valence-electron chi connectivity index (χ2n) is 6.99. The summed E-state index contributed by atoms with van der Waals surface area (Å²) in [5.41, 5.74) is -1.13. The first-order valence-electron chi connectivity index (χ1n) is 6.75. The van der Waals surface area contributed by atoms with Gasteiger partial charge in [-0.1, -0.05) is 6.07 Å². The van der Waals surface area contributed by atoms with Gasteiger partial charge in [0.1, 0.15) is 0 Å². The normalized spacial score (nSPS) is 25.2. The van der Waals surface area contributed by atoms with Gasteiger partial charge in [0.15, 0.2) is 0 Å². The molecular weight excluding hydrogens is 240 g/mol. The summed E-state index contributed by atoms with van der Waals surface area (Å²) < 4.78 is 0. The van der Waals surface area contributed by atoms with Crippen molar-refractivity contribution in [2.75, 3.05) is 0 Å². The standard InChI is InChI=1S/C15H23N2O2/c1-13(2)10-15(18,11-14(3,4)17(13)19)9-12-7-5-6-8-16-12/h5-8,18H,9-11H2,1-4H3. The maximum atomic E-state index is 12.3. The zero-order valence-corrected chi connectivity index (χ0v) is 12.2. The highest BCUT2D eigenvalue weighted by Gasteiger charge is 2.52. The predicted molar refractivity (Wildman–Crippen MR) is 72.8 cm³/mol. The number of pyridine rings is 1. The van der Waals surface area contributed by atoms with Gasteiger partial charge in [0, 0.05) is 29.4 Å². The van der Waals surface area contributed by atoms with Crippen LogP contribution in [-0.4, -0.2) is 31.8 Å². The van der Waals surface area contributed by atoms with Crippen LogP contribution in [0.1, 0.15) is 46.2 Å². The van der Waals surface area contributed by atoms with E-state index >= 15 is 0 Å². The van der Waals surface area contributed by atoms with Gasteiger partial charge in [-0.05, 0) is 52.7 Å². The average molecular weight is 263 g/mol. The quantitative estimate of drug-likeness (QED) is 0.891. The molecule has 1 saturated heterocycles. The summed E-state index contributed by atoms with van der Waals surface area (Å²) in [5.74, 6) is 0. The van der Waals surface area contributed by atoms with Crippen LogP contribution in [0.4, 0.5) is 0 Å². The van der Waals surface area contributed by atoms with Crippen LogP contribution in [0.3, 0.4) is 0 Å². The SMILES string of the molecule is CC1(C)CC(O)(Cc2ccccn2)CC(C)(C)N1[O]. The van der Waals surface area contributed by atoms with E-state index in [-0.39, 0.29) is 0 Å². The minimum Gasteiger partial charge on any atom is -0.389 e. The van der Waals surface area contributed by atoms with E-state index in [4.69, 9.17) is 0 Å². The molecule has 105 valence electrons. The number of hydrogen-bond donors (Lipinski definition) is 1. The van der Waals surface area contributed by atoms with Crippen molar-refractivity contribution in [1.82, 2.24) is 10.0 Å². The Kier molecular flexibility index (Phi) is 3.45. The molecule has 0 bridgehead atoms. The number of hydrogen-bond acceptors (Lipinski definition) is 3. The number of aliphatic hydroxyl groups is 1. The molecule has 2 rings (SSSR count). The minimum absolute atomic E-state index is 0.462. The Bertz CT molecular complexity index is 425. The molecule has 2 heterocycles. The first-order chi connectivity index (χ1) is 8.65. The van der Waals surface area contributed by atoms with Crippen LogP contribution in [0.25, 0.3) is 0 Å². The van der Waals surface area contributed by atoms with E-state index in [2.05, 4.69) is 4.98 Å². The molecule has 0 spiro atoms. The van der Waals surface area contributed by atoms with E-state index in [1.165, 1.54) is 0 Å². The number of rotatable bonds is 2. The fourth-order valence-electron chi connectivity index (χ4n) is 3.60. The first-order valence-corrected chi connectivity index (χ1v) is 6.75. The van der Waals surface area contributed by atoms with Crippen LogP contribution in [-0.2, 0) is 11.6 Å². The molecule has 0 aliphatic carbocycles. The van der Waals surface area contributed by atoms with Gasteiger partial charge in [-0.25, -0.2) is 0 Å². The Balaban J connectivity index is 2.24. The van der Waals surface area contributed by atoms with E-state index in [1.54, 1.807) is 6.20 Å². The monoisotopic (exact) mass is 263 g/mol. The molecule has 1 radical (unpaired) electrons. The van der Waals surface area contributed by atoms with E-state index in [0.717, 1.165) is 10.8 Å². The molecule has 0 aromatic carbocycles. The lowest BCUT2D eigenvalue weighted by Crippen LogP contribution is -2.64. The Labute approximate surface area is 115 Å². The van der Waals surface area contributed by atoms with Crippen LogP contribution in [0.2, 0.25) is 0 Å². The van der Waals surface area contributed by atoms with E-state index in [0.29, 0.717) is 19.3 Å². The maximum absolute atomic E-state index is 12.3. The molecule has 0 saturated carbocycles. The molecule has 1 aromatic heterocycles. The highest BCUT2D eigenvalue weighted by Crippen LogP contribution is 2.43. The molecule has 0 unspecified atom stereocenters. The van der Waals surface area contributed by atoms with Crippen LogP contribution >= 0.6 is 0 Å². The highest BCUT2D eigenvalue weighted by atomic mass is 16.5. The van der Waals surface area contributed by atoms with Gasteiger partial charge < -0.3 is 5.11 Å². The Morgan fingerprint density at radius 3 is 2.26 bits per heavy atom. The summed E-state index contributed by atoms with van der Waals surface area (Å²) in [6, 6.07) is 5.70. The van der Waals surface area contributed by atoms with Gasteiger partial charge in [0.25, 0.3) is 0 Å². The molecule has 4 nitrogen and oxygen atoms in total. The van der Waals surface area contributed by atoms with Crippen LogP contribution in [0.5, 0.6) is 0 Å². The zero-order valence-electron chi connectivity index (χ0n) is 12.2. The first kappa shape index (κ1) is 14.4. The van der Waals surface area contributed by atoms with Crippen molar-refractivity contribution in [3.8, 4) is 0 Å². The number of piperidine rings is 1. The summed E-state index contributed by atoms with van der Waals surface area (Å²) in [6.45, 7) is 7.57. The fourth-order valence-corrected chi connectivity index (χ4v) is 3.60. The molecule has 1 aromatic rings. The minimum atomic E-state index is -0.873. The third-order valence-corrected chi connectivity index (χ3v) is 3.86. The van der Waals surface area contributed by atoms with Crippen molar-refractivity contribution in [1.29, 1.82) is 0 Å². The van der Waals surface area contributed by atoms with Crippen molar-refractivity contribution < 1.29 is 10.3 Å². The van der Waals surface area contributed by atoms with Crippen molar-refractivity contribution in [2.45, 2.75) is 63.6 Å². The van der Waals surface area contributed by atoms with Crippen molar-refractivity contribution in [3.63, 3.8) is 0 Å². The molecule has 19 heavy (non-hydrogen) atoms. The molecular formula is C15H23N2O2. The lowest BCUT2D eigenvalue weighted by Gasteiger charge is -2.53. The van der Waals surface area contributed by atoms with Crippen molar-refractivity contribution >= 4 is 0 Å². The second-order valence-corrected chi connectivity index (χ2v) is 6.99. The van der Waals surface area contributed by atoms with Gasteiger partial charge in [0.2, 0.25) is 0 Å². The van der Waals surface area contributed by atoms with Crippen LogP contribution < -0.4 is 0 Å². The molecule has 0 atom stereocenters. The summed E-state index contributed by atoms with van der Waals surface area (Å²) in [6.07, 6.45) is 3.15. The third kappa shape index (κ3) is 2.96. The van der Waals surface area contributed by atoms with Gasteiger partial charge in [-0.3, -0.25) is 4.98 Å². The summed E-state index contributed by atoms with van der Waals surface area (Å²) in [7, 11) is 0. The van der Waals surface area contributed by atoms with Gasteiger partial charge >= 0.3 is 0 Å². The molecule has 1 N–H and O–H groups in total. The number of hydroxylamine groups is 2. The third-order valence-electron chi connectivity index (χ3n) is 3.86. The van der Waals surface area contributed by atoms with Crippen LogP contribution in [0.15, 0.2) is 24.4 Å². The Morgan fingerprint density at radius 2 is 1.79 bits per heavy atom. The van der Waals surface area contributed by atoms with Gasteiger partial charge in [-0.2, -0.15) is 0 Å². The Morgan fingerprint density at radius 1 is 1.21 bits per heavy atom. The van der Waals surface area contributed by atoms with Crippen LogP contribution in [0, 0.1) is 0 Å². The second kappa shape index (κ2) is 4.54. The molecule has 1 aliphatic heterocycles. The molecule has 1 fully saturated rings. The van der Waals surface area contributed by atoms with Gasteiger partial charge in [-0.15, -0.1) is 10.3 Å². The van der Waals surface area contributed by atoms with Gasteiger partial charge in [0.05, 0.1) is 5.60 Å². The lowest BCUT2D eigenvalue weighted by atomic mass is 9.70. The number of aromatic nitrogens is 1. The highest BCUT2D eigenvalue weighted by molar-refractivity contribution is 5.12. The fraction of sp³-hybridized carbons (Fsp3) is 0.667. The Hall–Kier alpha value is -0.970. The lowest BCUT2D eigenvalue weighted by molar-refractivity contribution is -0.311. The summed E-state index contributed by atoms with van der Waals surface area (Å²) >= 11 is 0. The molecule has 0 amide bonds. The maximum Gasteiger partial charge on any atom is 0.0739 e. The molecule has 1 aliphatic rings. The smallest absolute Gasteiger partial charge is 0.0739 e. The zero-order chi connectivity index (χ0) is 14.3. The van der Waals surface area contributed by atoms with E-state index < -0.39 is 16.7 Å². The predicted octanol–water partition coefficient (Wildman–Crippen LogP) is 2.35. The average Bonchev–Trinajstić information content (AvgIpc) is 2.25. The van der Waals surface area contributed by atoms with Crippen molar-refractivity contribution in [2.24, 2.45) is 0 Å².